The van der Waals surface area contributed by atoms with Crippen molar-refractivity contribution in [1.29, 1.82) is 0 Å². The summed E-state index contributed by atoms with van der Waals surface area (Å²) < 4.78 is 15.8. The van der Waals surface area contributed by atoms with Crippen LogP contribution in [0.2, 0.25) is 0 Å². The summed E-state index contributed by atoms with van der Waals surface area (Å²) in [6.45, 7) is 2.54. The van der Waals surface area contributed by atoms with Crippen LogP contribution in [0.4, 0.5) is 0 Å². The fourth-order valence-electron chi connectivity index (χ4n) is 2.27. The zero-order valence-corrected chi connectivity index (χ0v) is 13.5. The van der Waals surface area contributed by atoms with Crippen molar-refractivity contribution >= 4 is 17.9 Å². The Bertz CT molecular complexity index is 806. The van der Waals surface area contributed by atoms with Crippen LogP contribution in [0.15, 0.2) is 59.2 Å². The van der Waals surface area contributed by atoms with Crippen molar-refractivity contribution in [3.05, 3.63) is 65.4 Å². The van der Waals surface area contributed by atoms with E-state index in [2.05, 4.69) is 4.99 Å². The fourth-order valence-corrected chi connectivity index (χ4v) is 2.27. The maximum atomic E-state index is 12.0. The molecule has 0 atom stereocenters. The molecule has 122 valence electrons. The van der Waals surface area contributed by atoms with E-state index in [1.54, 1.807) is 19.3 Å². The van der Waals surface area contributed by atoms with Crippen LogP contribution in [0.1, 0.15) is 18.1 Å². The van der Waals surface area contributed by atoms with Crippen LogP contribution in [-0.2, 0) is 9.53 Å². The Labute approximate surface area is 140 Å². The molecule has 1 heterocycles. The van der Waals surface area contributed by atoms with Gasteiger partial charge in [-0.2, -0.15) is 0 Å². The Kier molecular flexibility index (Phi) is 4.61. The molecule has 0 saturated carbocycles. The molecule has 0 bridgehead atoms. The summed E-state index contributed by atoms with van der Waals surface area (Å²) >= 11 is 0. The lowest BCUT2D eigenvalue weighted by Gasteiger charge is -2.02. The Morgan fingerprint density at radius 2 is 1.92 bits per heavy atom. The molecular weight excluding hydrogens is 306 g/mol. The van der Waals surface area contributed by atoms with Gasteiger partial charge in [0.05, 0.1) is 13.7 Å². The molecule has 0 amide bonds. The van der Waals surface area contributed by atoms with E-state index in [0.29, 0.717) is 17.9 Å². The minimum Gasteiger partial charge on any atom is -0.497 e. The molecule has 2 aromatic rings. The van der Waals surface area contributed by atoms with Crippen molar-refractivity contribution in [3.63, 3.8) is 0 Å². The van der Waals surface area contributed by atoms with Crippen LogP contribution >= 0.6 is 0 Å². The van der Waals surface area contributed by atoms with Crippen molar-refractivity contribution in [3.8, 4) is 11.5 Å². The van der Waals surface area contributed by atoms with Crippen molar-refractivity contribution in [2.45, 2.75) is 6.92 Å². The van der Waals surface area contributed by atoms with Crippen molar-refractivity contribution in [2.75, 3.05) is 13.7 Å². The minimum atomic E-state index is -0.471. The quantitative estimate of drug-likeness (QED) is 0.625. The number of cyclic esters (lactones) is 1. The van der Waals surface area contributed by atoms with Gasteiger partial charge in [0, 0.05) is 5.56 Å². The summed E-state index contributed by atoms with van der Waals surface area (Å²) in [5.41, 5.74) is 1.80. The van der Waals surface area contributed by atoms with E-state index < -0.39 is 5.97 Å². The van der Waals surface area contributed by atoms with Crippen molar-refractivity contribution in [1.82, 2.24) is 0 Å². The SMILES string of the molecule is CCOc1ccc(C=C2N=C(c3cccc(OC)c3)OC2=O)cc1. The van der Waals surface area contributed by atoms with Gasteiger partial charge in [-0.3, -0.25) is 0 Å². The number of ether oxygens (including phenoxy) is 3. The van der Waals surface area contributed by atoms with Gasteiger partial charge in [-0.15, -0.1) is 0 Å². The number of carbonyl (C=O) groups is 1. The molecule has 0 radical (unpaired) electrons. The summed E-state index contributed by atoms with van der Waals surface area (Å²) in [7, 11) is 1.58. The van der Waals surface area contributed by atoms with Crippen LogP contribution in [-0.4, -0.2) is 25.6 Å². The summed E-state index contributed by atoms with van der Waals surface area (Å²) in [5, 5.41) is 0. The molecule has 1 aliphatic heterocycles. The molecular formula is C19H17NO4. The first-order valence-electron chi connectivity index (χ1n) is 7.59. The van der Waals surface area contributed by atoms with Gasteiger partial charge in [-0.1, -0.05) is 18.2 Å². The lowest BCUT2D eigenvalue weighted by Crippen LogP contribution is -2.05. The summed E-state index contributed by atoms with van der Waals surface area (Å²) in [4.78, 5) is 16.3. The number of hydrogen-bond acceptors (Lipinski definition) is 5. The van der Waals surface area contributed by atoms with Crippen LogP contribution in [0.25, 0.3) is 6.08 Å². The number of aliphatic imine (C=N–C) groups is 1. The summed E-state index contributed by atoms with van der Waals surface area (Å²) in [6, 6.07) is 14.6. The Morgan fingerprint density at radius 1 is 1.12 bits per heavy atom. The largest absolute Gasteiger partial charge is 0.497 e. The topological polar surface area (TPSA) is 57.1 Å². The number of hydrogen-bond donors (Lipinski definition) is 0. The van der Waals surface area contributed by atoms with Crippen molar-refractivity contribution in [2.24, 2.45) is 4.99 Å². The second kappa shape index (κ2) is 7.00. The molecule has 0 N–H and O–H groups in total. The lowest BCUT2D eigenvalue weighted by atomic mass is 10.2. The molecule has 0 fully saturated rings. The zero-order chi connectivity index (χ0) is 16.9. The third kappa shape index (κ3) is 3.46. The molecule has 5 heteroatoms. The number of rotatable bonds is 5. The van der Waals surface area contributed by atoms with Crippen LogP contribution < -0.4 is 9.47 Å². The van der Waals surface area contributed by atoms with E-state index in [0.717, 1.165) is 11.3 Å². The van der Waals surface area contributed by atoms with E-state index in [9.17, 15) is 4.79 Å². The second-order valence-electron chi connectivity index (χ2n) is 5.07. The van der Waals surface area contributed by atoms with E-state index >= 15 is 0 Å². The van der Waals surface area contributed by atoms with Gasteiger partial charge in [0.2, 0.25) is 5.90 Å². The maximum Gasteiger partial charge on any atom is 0.363 e. The monoisotopic (exact) mass is 323 g/mol. The lowest BCUT2D eigenvalue weighted by molar-refractivity contribution is -0.129. The standard InChI is InChI=1S/C19H17NO4/c1-3-23-15-9-7-13(8-10-15)11-17-19(21)24-18(20-17)14-5-4-6-16(12-14)22-2/h4-12H,3H2,1-2H3. The smallest absolute Gasteiger partial charge is 0.363 e. The Balaban J connectivity index is 1.85. The Morgan fingerprint density at radius 3 is 2.62 bits per heavy atom. The number of esters is 1. The molecule has 1 aliphatic rings. The van der Waals surface area contributed by atoms with Gasteiger partial charge >= 0.3 is 5.97 Å². The van der Waals surface area contributed by atoms with Gasteiger partial charge in [-0.05, 0) is 48.9 Å². The Hall–Kier alpha value is -3.08. The highest BCUT2D eigenvalue weighted by molar-refractivity contribution is 6.12. The fraction of sp³-hybridized carbons (Fsp3) is 0.158. The highest BCUT2D eigenvalue weighted by Gasteiger charge is 2.24. The number of carbonyl (C=O) groups excluding carboxylic acids is 1. The minimum absolute atomic E-state index is 0.261. The first-order valence-corrected chi connectivity index (χ1v) is 7.59. The van der Waals surface area contributed by atoms with Crippen LogP contribution in [0, 0.1) is 0 Å². The van der Waals surface area contributed by atoms with Crippen LogP contribution in [0.3, 0.4) is 0 Å². The average molecular weight is 323 g/mol. The molecule has 24 heavy (non-hydrogen) atoms. The molecule has 0 spiro atoms. The van der Waals surface area contributed by atoms with E-state index in [-0.39, 0.29) is 11.6 Å². The molecule has 0 aromatic heterocycles. The summed E-state index contributed by atoms with van der Waals surface area (Å²) in [6.07, 6.45) is 1.69. The maximum absolute atomic E-state index is 12.0. The molecule has 0 aliphatic carbocycles. The summed E-state index contributed by atoms with van der Waals surface area (Å²) in [5.74, 6) is 1.27. The predicted molar refractivity (Wildman–Crippen MR) is 91.2 cm³/mol. The third-order valence-corrected chi connectivity index (χ3v) is 3.43. The van der Waals surface area contributed by atoms with Gasteiger partial charge in [0.1, 0.15) is 11.5 Å². The average Bonchev–Trinajstić information content (AvgIpc) is 2.98. The van der Waals surface area contributed by atoms with Crippen LogP contribution in [0.5, 0.6) is 11.5 Å². The highest BCUT2D eigenvalue weighted by Crippen LogP contribution is 2.22. The first kappa shape index (κ1) is 15.8. The number of nitrogens with zero attached hydrogens (tertiary/aromatic N) is 1. The first-order chi connectivity index (χ1) is 11.7. The number of methoxy groups -OCH3 is 1. The highest BCUT2D eigenvalue weighted by atomic mass is 16.6. The zero-order valence-electron chi connectivity index (χ0n) is 13.5. The van der Waals surface area contributed by atoms with Crippen molar-refractivity contribution < 1.29 is 19.0 Å². The molecule has 2 aromatic carbocycles. The van der Waals surface area contributed by atoms with Gasteiger partial charge in [0.25, 0.3) is 0 Å². The van der Waals surface area contributed by atoms with Gasteiger partial charge in [0.15, 0.2) is 5.70 Å². The molecule has 3 rings (SSSR count). The van der Waals surface area contributed by atoms with E-state index in [1.165, 1.54) is 0 Å². The normalized spacial score (nSPS) is 15.2. The van der Waals surface area contributed by atoms with E-state index in [4.69, 9.17) is 14.2 Å². The third-order valence-electron chi connectivity index (χ3n) is 3.43. The molecule has 5 nitrogen and oxygen atoms in total. The predicted octanol–water partition coefficient (Wildman–Crippen LogP) is 3.44. The second-order valence-corrected chi connectivity index (χ2v) is 5.07. The molecule has 0 saturated heterocycles. The van der Waals surface area contributed by atoms with Gasteiger partial charge in [-0.25, -0.2) is 9.79 Å². The van der Waals surface area contributed by atoms with E-state index in [1.807, 2.05) is 49.4 Å². The molecule has 0 unspecified atom stereocenters. The van der Waals surface area contributed by atoms with Gasteiger partial charge < -0.3 is 14.2 Å². The number of benzene rings is 2.